The lowest BCUT2D eigenvalue weighted by Crippen LogP contribution is -2.24. The van der Waals surface area contributed by atoms with Crippen molar-refractivity contribution in [1.82, 2.24) is 15.4 Å². The fourth-order valence-corrected chi connectivity index (χ4v) is 2.82. The number of benzene rings is 1. The van der Waals surface area contributed by atoms with Gasteiger partial charge in [0.15, 0.2) is 5.75 Å². The monoisotopic (exact) mass is 431 g/mol. The topological polar surface area (TPSA) is 73.3 Å². The predicted molar refractivity (Wildman–Crippen MR) is 106 cm³/mol. The van der Waals surface area contributed by atoms with Gasteiger partial charge in [0.05, 0.1) is 17.5 Å². The van der Waals surface area contributed by atoms with E-state index in [0.717, 1.165) is 17.8 Å². The number of carbonyl (C=O) groups is 1. The highest BCUT2D eigenvalue weighted by molar-refractivity contribution is 5.71. The van der Waals surface area contributed by atoms with Crippen molar-refractivity contribution >= 4 is 5.91 Å². The molecular weight excluding hydrogens is 411 g/mol. The van der Waals surface area contributed by atoms with Crippen molar-refractivity contribution in [2.75, 3.05) is 0 Å². The van der Waals surface area contributed by atoms with E-state index in [4.69, 9.17) is 9.57 Å². The molecule has 0 aliphatic carbocycles. The zero-order valence-electron chi connectivity index (χ0n) is 16.8. The third kappa shape index (κ3) is 5.94. The molecule has 2 heterocycles. The van der Waals surface area contributed by atoms with Gasteiger partial charge in [0.1, 0.15) is 12.4 Å². The zero-order chi connectivity index (χ0) is 22.4. The Morgan fingerprint density at radius 2 is 1.94 bits per heavy atom. The van der Waals surface area contributed by atoms with Crippen LogP contribution in [0.25, 0.3) is 0 Å². The molecule has 1 aromatic carbocycles. The van der Waals surface area contributed by atoms with E-state index in [1.807, 2.05) is 12.1 Å². The van der Waals surface area contributed by atoms with Crippen LogP contribution in [0.2, 0.25) is 0 Å². The summed E-state index contributed by atoms with van der Waals surface area (Å²) < 4.78 is 45.3. The molecule has 0 unspecified atom stereocenters. The maximum absolute atomic E-state index is 13.2. The molecule has 31 heavy (non-hydrogen) atoms. The molecule has 9 heteroatoms. The Hall–Kier alpha value is -3.62. The second kappa shape index (κ2) is 9.46. The number of pyridine rings is 2. The van der Waals surface area contributed by atoms with E-state index in [-0.39, 0.29) is 17.9 Å². The van der Waals surface area contributed by atoms with Gasteiger partial charge in [-0.25, -0.2) is 0 Å². The van der Waals surface area contributed by atoms with Crippen LogP contribution in [0.3, 0.4) is 0 Å². The van der Waals surface area contributed by atoms with Crippen LogP contribution in [0.1, 0.15) is 42.3 Å². The first kappa shape index (κ1) is 22.1. The minimum Gasteiger partial charge on any atom is -0.486 e. The Balaban J connectivity index is 1.81. The molecule has 1 N–H and O–H groups in total. The van der Waals surface area contributed by atoms with Crippen molar-refractivity contribution in [2.45, 2.75) is 32.5 Å². The Morgan fingerprint density at radius 1 is 1.13 bits per heavy atom. The van der Waals surface area contributed by atoms with Gasteiger partial charge in [-0.05, 0) is 42.5 Å². The van der Waals surface area contributed by atoms with Gasteiger partial charge >= 0.3 is 6.18 Å². The standard InChI is InChI=1S/C22H20F3N3O3/c1-14(19-11-16(22(23,24)25)6-9-21(19)31-28-15(2)29)20-8-7-18(12-27-20)30-13-17-5-3-4-10-26-17/h3-12,14H,13H2,1-2H3,(H,28,29)/t14-/m1/s1. The Morgan fingerprint density at radius 3 is 2.55 bits per heavy atom. The normalized spacial score (nSPS) is 12.2. The summed E-state index contributed by atoms with van der Waals surface area (Å²) in [5.74, 6) is -0.421. The molecular formula is C22H20F3N3O3. The van der Waals surface area contributed by atoms with Gasteiger partial charge < -0.3 is 9.57 Å². The molecule has 0 aliphatic heterocycles. The summed E-state index contributed by atoms with van der Waals surface area (Å²) >= 11 is 0. The molecule has 6 nitrogen and oxygen atoms in total. The van der Waals surface area contributed by atoms with E-state index in [1.54, 1.807) is 31.3 Å². The number of halogens is 3. The molecule has 1 amide bonds. The molecule has 0 aliphatic rings. The van der Waals surface area contributed by atoms with E-state index in [9.17, 15) is 18.0 Å². The predicted octanol–water partition coefficient (Wildman–Crippen LogP) is 4.66. The summed E-state index contributed by atoms with van der Waals surface area (Å²) in [6, 6.07) is 11.9. The van der Waals surface area contributed by atoms with Gasteiger partial charge in [0.25, 0.3) is 0 Å². The summed E-state index contributed by atoms with van der Waals surface area (Å²) in [4.78, 5) is 24.8. The molecule has 0 bridgehead atoms. The van der Waals surface area contributed by atoms with Crippen LogP contribution in [0.5, 0.6) is 11.5 Å². The number of amides is 1. The van der Waals surface area contributed by atoms with Crippen LogP contribution in [0.4, 0.5) is 13.2 Å². The largest absolute Gasteiger partial charge is 0.486 e. The van der Waals surface area contributed by atoms with Gasteiger partial charge in [0, 0.05) is 30.3 Å². The van der Waals surface area contributed by atoms with Gasteiger partial charge in [-0.1, -0.05) is 13.0 Å². The van der Waals surface area contributed by atoms with E-state index in [1.165, 1.54) is 19.2 Å². The van der Waals surface area contributed by atoms with E-state index in [0.29, 0.717) is 11.4 Å². The first-order chi connectivity index (χ1) is 14.7. The lowest BCUT2D eigenvalue weighted by Gasteiger charge is -2.18. The van der Waals surface area contributed by atoms with Crippen molar-refractivity contribution in [3.05, 3.63) is 83.4 Å². The number of nitrogens with one attached hydrogen (secondary N) is 1. The highest BCUT2D eigenvalue weighted by atomic mass is 19.4. The summed E-state index contributed by atoms with van der Waals surface area (Å²) in [7, 11) is 0. The Bertz CT molecular complexity index is 1030. The molecule has 0 saturated carbocycles. The third-order valence-corrected chi connectivity index (χ3v) is 4.42. The number of ether oxygens (including phenoxy) is 1. The molecule has 1 atom stereocenters. The number of nitrogens with zero attached hydrogens (tertiary/aromatic N) is 2. The maximum atomic E-state index is 13.2. The maximum Gasteiger partial charge on any atom is 0.416 e. The number of alkyl halides is 3. The number of carbonyl (C=O) groups excluding carboxylic acids is 1. The van der Waals surface area contributed by atoms with Gasteiger partial charge in [-0.3, -0.25) is 14.8 Å². The number of hydroxylamine groups is 1. The molecule has 3 aromatic rings. The van der Waals surface area contributed by atoms with E-state index < -0.39 is 23.6 Å². The molecule has 0 saturated heterocycles. The van der Waals surface area contributed by atoms with Crippen molar-refractivity contribution in [3.8, 4) is 11.5 Å². The van der Waals surface area contributed by atoms with Gasteiger partial charge in [0.2, 0.25) is 5.91 Å². The van der Waals surface area contributed by atoms with Crippen molar-refractivity contribution in [1.29, 1.82) is 0 Å². The van der Waals surface area contributed by atoms with Gasteiger partial charge in [-0.15, -0.1) is 0 Å². The highest BCUT2D eigenvalue weighted by Gasteiger charge is 2.32. The van der Waals surface area contributed by atoms with Crippen molar-refractivity contribution < 1.29 is 27.5 Å². The molecule has 3 rings (SSSR count). The summed E-state index contributed by atoms with van der Waals surface area (Å²) in [5.41, 5.74) is 2.82. The van der Waals surface area contributed by atoms with Crippen LogP contribution in [0, 0.1) is 0 Å². The van der Waals surface area contributed by atoms with Gasteiger partial charge in [-0.2, -0.15) is 18.7 Å². The van der Waals surface area contributed by atoms with Crippen LogP contribution >= 0.6 is 0 Å². The van der Waals surface area contributed by atoms with Crippen LogP contribution < -0.4 is 15.1 Å². The van der Waals surface area contributed by atoms with E-state index >= 15 is 0 Å². The van der Waals surface area contributed by atoms with Crippen LogP contribution in [-0.4, -0.2) is 15.9 Å². The van der Waals surface area contributed by atoms with Crippen molar-refractivity contribution in [3.63, 3.8) is 0 Å². The number of rotatable bonds is 7. The zero-order valence-corrected chi connectivity index (χ0v) is 16.8. The van der Waals surface area contributed by atoms with Crippen molar-refractivity contribution in [2.24, 2.45) is 0 Å². The Kier molecular flexibility index (Phi) is 6.74. The average molecular weight is 431 g/mol. The molecule has 0 spiro atoms. The number of aromatic nitrogens is 2. The SMILES string of the molecule is CC(=O)NOc1ccc(C(F)(F)F)cc1[C@@H](C)c1ccc(OCc2ccccn2)cn1. The fraction of sp³-hybridized carbons (Fsp3) is 0.227. The highest BCUT2D eigenvalue weighted by Crippen LogP contribution is 2.37. The van der Waals surface area contributed by atoms with Crippen LogP contribution in [-0.2, 0) is 17.6 Å². The number of hydrogen-bond acceptors (Lipinski definition) is 5. The van der Waals surface area contributed by atoms with Crippen LogP contribution in [0.15, 0.2) is 60.9 Å². The lowest BCUT2D eigenvalue weighted by molar-refractivity contribution is -0.137. The fourth-order valence-electron chi connectivity index (χ4n) is 2.82. The lowest BCUT2D eigenvalue weighted by atomic mass is 9.94. The third-order valence-electron chi connectivity index (χ3n) is 4.42. The second-order valence-corrected chi connectivity index (χ2v) is 6.76. The average Bonchev–Trinajstić information content (AvgIpc) is 2.76. The minimum atomic E-state index is -4.52. The minimum absolute atomic E-state index is 0.105. The smallest absolute Gasteiger partial charge is 0.416 e. The number of hydrogen-bond donors (Lipinski definition) is 1. The first-order valence-electron chi connectivity index (χ1n) is 9.37. The summed E-state index contributed by atoms with van der Waals surface area (Å²) in [6.45, 7) is 3.20. The summed E-state index contributed by atoms with van der Waals surface area (Å²) in [6.07, 6.45) is -1.36. The second-order valence-electron chi connectivity index (χ2n) is 6.76. The molecule has 162 valence electrons. The summed E-state index contributed by atoms with van der Waals surface area (Å²) in [5, 5.41) is 0. The molecule has 2 aromatic heterocycles. The Labute approximate surface area is 177 Å². The first-order valence-corrected chi connectivity index (χ1v) is 9.37. The molecule has 0 fully saturated rings. The van der Waals surface area contributed by atoms with E-state index in [2.05, 4.69) is 15.4 Å². The quantitative estimate of drug-likeness (QED) is 0.551. The molecule has 0 radical (unpaired) electrons.